The maximum absolute atomic E-state index is 11.3. The van der Waals surface area contributed by atoms with E-state index in [1.807, 2.05) is 0 Å². The summed E-state index contributed by atoms with van der Waals surface area (Å²) in [4.78, 5) is 11.3. The van der Waals surface area contributed by atoms with Crippen molar-refractivity contribution in [3.05, 3.63) is 11.6 Å². The highest BCUT2D eigenvalue weighted by molar-refractivity contribution is 5.93. The number of carbonyl (C=O) groups excluding carboxylic acids is 1. The van der Waals surface area contributed by atoms with Gasteiger partial charge in [0.25, 0.3) is 0 Å². The number of Topliss-reactive ketones (excluding diaryl/α,β-unsaturated/α-hetero) is 1. The van der Waals surface area contributed by atoms with Gasteiger partial charge in [-0.05, 0) is 44.1 Å². The molecule has 0 N–H and O–H groups in total. The molecule has 0 amide bonds. The van der Waals surface area contributed by atoms with E-state index in [-0.39, 0.29) is 5.78 Å². The van der Waals surface area contributed by atoms with E-state index in [2.05, 4.69) is 13.0 Å². The zero-order valence-electron chi connectivity index (χ0n) is 9.51. The largest absolute Gasteiger partial charge is 0.295 e. The Hall–Kier alpha value is -0.590. The first-order valence-corrected chi connectivity index (χ1v) is 5.95. The fourth-order valence-electron chi connectivity index (χ4n) is 1.83. The van der Waals surface area contributed by atoms with Gasteiger partial charge >= 0.3 is 0 Å². The summed E-state index contributed by atoms with van der Waals surface area (Å²) in [6.45, 7) is 3.90. The lowest BCUT2D eigenvalue weighted by atomic mass is 9.83. The average Bonchev–Trinajstić information content (AvgIpc) is 2.07. The number of ketones is 1. The molecule has 0 saturated heterocycles. The van der Waals surface area contributed by atoms with Gasteiger partial charge < -0.3 is 0 Å². The van der Waals surface area contributed by atoms with E-state index in [0.717, 1.165) is 17.9 Å². The third-order valence-electron chi connectivity index (χ3n) is 3.09. The molecule has 0 spiro atoms. The van der Waals surface area contributed by atoms with Crippen molar-refractivity contribution in [3.8, 4) is 0 Å². The molecular formula is C13H22O. The van der Waals surface area contributed by atoms with Crippen LogP contribution in [0.2, 0.25) is 0 Å². The maximum atomic E-state index is 11.3. The van der Waals surface area contributed by atoms with Gasteiger partial charge in [0, 0.05) is 0 Å². The topological polar surface area (TPSA) is 17.1 Å². The second-order valence-electron chi connectivity index (χ2n) is 4.40. The van der Waals surface area contributed by atoms with Crippen LogP contribution in [0.15, 0.2) is 11.6 Å². The van der Waals surface area contributed by atoms with Crippen LogP contribution in [-0.2, 0) is 4.79 Å². The zero-order valence-corrected chi connectivity index (χ0v) is 9.51. The zero-order chi connectivity index (χ0) is 10.4. The van der Waals surface area contributed by atoms with Crippen molar-refractivity contribution in [2.75, 3.05) is 0 Å². The van der Waals surface area contributed by atoms with E-state index < -0.39 is 0 Å². The molecule has 1 fully saturated rings. The Bertz CT molecular complexity index is 211. The summed E-state index contributed by atoms with van der Waals surface area (Å²) in [6.07, 6.45) is 10.8. The van der Waals surface area contributed by atoms with Crippen molar-refractivity contribution >= 4 is 5.78 Å². The standard InChI is InChI=1S/C13H22O/c1-3-4-5-9-13(11(2)14)10-12-7-6-8-12/h10,12H,3-9H2,1-2H3. The lowest BCUT2D eigenvalue weighted by molar-refractivity contribution is -0.113. The number of allylic oxidation sites excluding steroid dienone is 2. The van der Waals surface area contributed by atoms with Gasteiger partial charge in [0.2, 0.25) is 0 Å². The summed E-state index contributed by atoms with van der Waals surface area (Å²) < 4.78 is 0. The van der Waals surface area contributed by atoms with Crippen LogP contribution in [0.25, 0.3) is 0 Å². The van der Waals surface area contributed by atoms with Crippen molar-refractivity contribution < 1.29 is 4.79 Å². The third-order valence-corrected chi connectivity index (χ3v) is 3.09. The van der Waals surface area contributed by atoms with Crippen molar-refractivity contribution in [2.45, 2.75) is 58.8 Å². The van der Waals surface area contributed by atoms with E-state index in [4.69, 9.17) is 0 Å². The third kappa shape index (κ3) is 3.65. The number of hydrogen-bond acceptors (Lipinski definition) is 1. The highest BCUT2D eigenvalue weighted by Gasteiger charge is 2.16. The Morgan fingerprint density at radius 3 is 2.50 bits per heavy atom. The molecule has 1 aliphatic rings. The van der Waals surface area contributed by atoms with E-state index in [9.17, 15) is 4.79 Å². The van der Waals surface area contributed by atoms with Gasteiger partial charge in [-0.25, -0.2) is 0 Å². The molecule has 0 radical (unpaired) electrons. The van der Waals surface area contributed by atoms with Crippen LogP contribution < -0.4 is 0 Å². The smallest absolute Gasteiger partial charge is 0.155 e. The molecule has 0 bridgehead atoms. The molecule has 14 heavy (non-hydrogen) atoms. The van der Waals surface area contributed by atoms with Crippen molar-refractivity contribution in [1.29, 1.82) is 0 Å². The van der Waals surface area contributed by atoms with Crippen LogP contribution in [0, 0.1) is 5.92 Å². The molecule has 0 aliphatic heterocycles. The molecule has 0 atom stereocenters. The number of carbonyl (C=O) groups is 1. The molecule has 80 valence electrons. The van der Waals surface area contributed by atoms with Gasteiger partial charge in [0.1, 0.15) is 0 Å². The fraction of sp³-hybridized carbons (Fsp3) is 0.769. The second kappa shape index (κ2) is 6.00. The maximum Gasteiger partial charge on any atom is 0.155 e. The number of rotatable bonds is 6. The SMILES string of the molecule is CCCCCC(=CC1CCC1)C(C)=O. The van der Waals surface area contributed by atoms with Gasteiger partial charge in [-0.2, -0.15) is 0 Å². The van der Waals surface area contributed by atoms with E-state index in [1.165, 1.54) is 38.5 Å². The van der Waals surface area contributed by atoms with Crippen LogP contribution in [0.1, 0.15) is 58.8 Å². The monoisotopic (exact) mass is 194 g/mol. The fourth-order valence-corrected chi connectivity index (χ4v) is 1.83. The van der Waals surface area contributed by atoms with E-state index in [0.29, 0.717) is 0 Å². The molecule has 1 nitrogen and oxygen atoms in total. The lowest BCUT2D eigenvalue weighted by Crippen LogP contribution is -2.10. The highest BCUT2D eigenvalue weighted by atomic mass is 16.1. The second-order valence-corrected chi connectivity index (χ2v) is 4.40. The molecule has 1 aliphatic carbocycles. The Labute approximate surface area is 87.6 Å². The molecular weight excluding hydrogens is 172 g/mol. The van der Waals surface area contributed by atoms with E-state index >= 15 is 0 Å². The minimum Gasteiger partial charge on any atom is -0.295 e. The van der Waals surface area contributed by atoms with Crippen molar-refractivity contribution in [2.24, 2.45) is 5.92 Å². The minimum atomic E-state index is 0.285. The first kappa shape index (κ1) is 11.5. The van der Waals surface area contributed by atoms with Crippen molar-refractivity contribution in [3.63, 3.8) is 0 Å². The predicted molar refractivity (Wildman–Crippen MR) is 60.2 cm³/mol. The molecule has 0 unspecified atom stereocenters. The number of unbranched alkanes of at least 4 members (excludes halogenated alkanes) is 2. The van der Waals surface area contributed by atoms with Crippen LogP contribution in [0.4, 0.5) is 0 Å². The number of hydrogen-bond donors (Lipinski definition) is 0. The summed E-state index contributed by atoms with van der Waals surface area (Å²) >= 11 is 0. The Morgan fingerprint density at radius 2 is 2.07 bits per heavy atom. The van der Waals surface area contributed by atoms with Crippen molar-refractivity contribution in [1.82, 2.24) is 0 Å². The molecule has 1 rings (SSSR count). The van der Waals surface area contributed by atoms with Crippen LogP contribution in [0.5, 0.6) is 0 Å². The van der Waals surface area contributed by atoms with E-state index in [1.54, 1.807) is 6.92 Å². The summed E-state index contributed by atoms with van der Waals surface area (Å²) in [5.41, 5.74) is 1.09. The van der Waals surface area contributed by atoms with Crippen LogP contribution >= 0.6 is 0 Å². The average molecular weight is 194 g/mol. The van der Waals surface area contributed by atoms with Crippen LogP contribution in [-0.4, -0.2) is 5.78 Å². The molecule has 0 aromatic heterocycles. The van der Waals surface area contributed by atoms with Gasteiger partial charge in [0.05, 0.1) is 0 Å². The first-order valence-electron chi connectivity index (χ1n) is 5.95. The highest BCUT2D eigenvalue weighted by Crippen LogP contribution is 2.29. The Morgan fingerprint density at radius 1 is 1.36 bits per heavy atom. The summed E-state index contributed by atoms with van der Waals surface area (Å²) in [5.74, 6) is 1.00. The lowest BCUT2D eigenvalue weighted by Gasteiger charge is -2.22. The Kier molecular flexibility index (Phi) is 4.92. The first-order chi connectivity index (χ1) is 6.74. The Balaban J connectivity index is 2.37. The van der Waals surface area contributed by atoms with Gasteiger partial charge in [-0.3, -0.25) is 4.79 Å². The molecule has 0 aromatic carbocycles. The minimum absolute atomic E-state index is 0.285. The summed E-state index contributed by atoms with van der Waals surface area (Å²) in [7, 11) is 0. The molecule has 0 aromatic rings. The van der Waals surface area contributed by atoms with Gasteiger partial charge in [-0.1, -0.05) is 32.3 Å². The summed E-state index contributed by atoms with van der Waals surface area (Å²) in [6, 6.07) is 0. The molecule has 1 saturated carbocycles. The predicted octanol–water partition coefficient (Wildman–Crippen LogP) is 3.88. The van der Waals surface area contributed by atoms with Crippen LogP contribution in [0.3, 0.4) is 0 Å². The normalized spacial score (nSPS) is 18.0. The summed E-state index contributed by atoms with van der Waals surface area (Å²) in [5, 5.41) is 0. The quantitative estimate of drug-likeness (QED) is 0.463. The molecule has 0 heterocycles. The van der Waals surface area contributed by atoms with Gasteiger partial charge in [0.15, 0.2) is 5.78 Å². The van der Waals surface area contributed by atoms with Gasteiger partial charge in [-0.15, -0.1) is 0 Å². The molecule has 1 heteroatoms.